The lowest BCUT2D eigenvalue weighted by Crippen LogP contribution is -2.43. The van der Waals surface area contributed by atoms with Crippen molar-refractivity contribution in [1.82, 2.24) is 10.3 Å². The number of nitrogens with zero attached hydrogens (tertiary/aromatic N) is 1. The number of ether oxygens (including phenoxy) is 2. The first-order valence-electron chi connectivity index (χ1n) is 7.73. The molecule has 0 spiro atoms. The van der Waals surface area contributed by atoms with Gasteiger partial charge in [-0.2, -0.15) is 0 Å². The van der Waals surface area contributed by atoms with Gasteiger partial charge in [0, 0.05) is 24.2 Å². The molecule has 0 saturated carbocycles. The monoisotopic (exact) mass is 364 g/mol. The first-order chi connectivity index (χ1) is 12.4. The second-order valence-electron chi connectivity index (χ2n) is 5.47. The largest absolute Gasteiger partial charge is 0.481 e. The number of hydrogen-bond acceptors (Lipinski definition) is 5. The second kappa shape index (κ2) is 8.89. The normalized spacial score (nSPS) is 11.5. The fraction of sp³-hybridized carbons (Fsp3) is 0.278. The summed E-state index contributed by atoms with van der Waals surface area (Å²) in [6.45, 7) is 0. The number of hydrogen-bond donors (Lipinski definition) is 1. The van der Waals surface area contributed by atoms with Crippen LogP contribution in [-0.4, -0.2) is 37.1 Å². The van der Waals surface area contributed by atoms with Gasteiger partial charge in [0.2, 0.25) is 11.8 Å². The van der Waals surface area contributed by atoms with Gasteiger partial charge in [-0.25, -0.2) is 18.6 Å². The van der Waals surface area contributed by atoms with Crippen LogP contribution in [0.15, 0.2) is 36.5 Å². The number of pyridine rings is 1. The number of halogens is 2. The zero-order valence-corrected chi connectivity index (χ0v) is 14.3. The van der Waals surface area contributed by atoms with E-state index in [9.17, 15) is 18.4 Å². The van der Waals surface area contributed by atoms with E-state index in [1.807, 2.05) is 0 Å². The van der Waals surface area contributed by atoms with Gasteiger partial charge in [0.25, 0.3) is 0 Å². The summed E-state index contributed by atoms with van der Waals surface area (Å²) in [7, 11) is 2.64. The lowest BCUT2D eigenvalue weighted by molar-refractivity contribution is -0.145. The summed E-state index contributed by atoms with van der Waals surface area (Å²) >= 11 is 0. The molecule has 1 amide bonds. The molecule has 0 aliphatic rings. The molecule has 0 unspecified atom stereocenters. The Bertz CT molecular complexity index is 778. The maximum atomic E-state index is 13.2. The van der Waals surface area contributed by atoms with E-state index in [0.29, 0.717) is 17.5 Å². The van der Waals surface area contributed by atoms with Gasteiger partial charge in [-0.1, -0.05) is 6.07 Å². The summed E-state index contributed by atoms with van der Waals surface area (Å²) in [6.07, 6.45) is 1.34. The van der Waals surface area contributed by atoms with Crippen molar-refractivity contribution in [2.24, 2.45) is 0 Å². The zero-order valence-electron chi connectivity index (χ0n) is 14.3. The Kier molecular flexibility index (Phi) is 6.60. The van der Waals surface area contributed by atoms with Gasteiger partial charge < -0.3 is 14.8 Å². The van der Waals surface area contributed by atoms with Crippen molar-refractivity contribution < 1.29 is 27.8 Å². The van der Waals surface area contributed by atoms with Crippen LogP contribution in [0, 0.1) is 11.6 Å². The molecule has 1 aromatic heterocycles. The van der Waals surface area contributed by atoms with Gasteiger partial charge in [-0.15, -0.1) is 0 Å². The van der Waals surface area contributed by atoms with Crippen molar-refractivity contribution in [1.29, 1.82) is 0 Å². The van der Waals surface area contributed by atoms with E-state index in [2.05, 4.69) is 10.3 Å². The highest BCUT2D eigenvalue weighted by molar-refractivity contribution is 5.85. The Balaban J connectivity index is 2.12. The summed E-state index contributed by atoms with van der Waals surface area (Å²) in [4.78, 5) is 28.2. The summed E-state index contributed by atoms with van der Waals surface area (Å²) in [5.74, 6) is -2.47. The molecule has 0 aliphatic heterocycles. The standard InChI is InChI=1S/C18H18F2N2O4/c1-25-17-12(4-3-5-21-17)9-15(18(24)26-2)22-16(23)8-11-6-13(19)10-14(20)7-11/h3-7,10,15H,8-9H2,1-2H3,(H,22,23)/t15-/m0/s1. The smallest absolute Gasteiger partial charge is 0.328 e. The zero-order chi connectivity index (χ0) is 19.1. The maximum absolute atomic E-state index is 13.2. The quantitative estimate of drug-likeness (QED) is 0.759. The lowest BCUT2D eigenvalue weighted by Gasteiger charge is -2.17. The van der Waals surface area contributed by atoms with Crippen LogP contribution >= 0.6 is 0 Å². The molecule has 0 radical (unpaired) electrons. The molecule has 1 atom stereocenters. The van der Waals surface area contributed by atoms with E-state index in [1.54, 1.807) is 12.1 Å². The molecule has 0 saturated heterocycles. The first kappa shape index (κ1) is 19.3. The minimum Gasteiger partial charge on any atom is -0.481 e. The molecule has 138 valence electrons. The third kappa shape index (κ3) is 5.23. The maximum Gasteiger partial charge on any atom is 0.328 e. The van der Waals surface area contributed by atoms with Crippen molar-refractivity contribution in [2.75, 3.05) is 14.2 Å². The third-order valence-corrected chi connectivity index (χ3v) is 3.58. The fourth-order valence-corrected chi connectivity index (χ4v) is 2.46. The molecule has 1 N–H and O–H groups in total. The summed E-state index contributed by atoms with van der Waals surface area (Å²) in [5.41, 5.74) is 0.755. The first-order valence-corrected chi connectivity index (χ1v) is 7.73. The van der Waals surface area contributed by atoms with Crippen LogP contribution < -0.4 is 10.1 Å². The number of esters is 1. The van der Waals surface area contributed by atoms with Gasteiger partial charge in [0.15, 0.2) is 0 Å². The van der Waals surface area contributed by atoms with Gasteiger partial charge in [-0.3, -0.25) is 4.79 Å². The SMILES string of the molecule is COC(=O)[C@H](Cc1cccnc1OC)NC(=O)Cc1cc(F)cc(F)c1. The van der Waals surface area contributed by atoms with Crippen LogP contribution in [0.3, 0.4) is 0 Å². The molecule has 2 rings (SSSR count). The number of nitrogens with one attached hydrogen (secondary N) is 1. The molecule has 6 nitrogen and oxygen atoms in total. The number of carbonyl (C=O) groups excluding carboxylic acids is 2. The van der Waals surface area contributed by atoms with E-state index in [4.69, 9.17) is 9.47 Å². The number of amides is 1. The van der Waals surface area contributed by atoms with Gasteiger partial charge in [-0.05, 0) is 23.8 Å². The molecule has 0 bridgehead atoms. The van der Waals surface area contributed by atoms with Gasteiger partial charge in [0.1, 0.15) is 17.7 Å². The molecule has 26 heavy (non-hydrogen) atoms. The topological polar surface area (TPSA) is 77.5 Å². The minimum atomic E-state index is -0.996. The van der Waals surface area contributed by atoms with Crippen molar-refractivity contribution in [3.8, 4) is 5.88 Å². The Hall–Kier alpha value is -3.03. The highest BCUT2D eigenvalue weighted by Gasteiger charge is 2.24. The number of rotatable bonds is 7. The Morgan fingerprint density at radius 1 is 1.19 bits per heavy atom. The van der Waals surface area contributed by atoms with Crippen molar-refractivity contribution >= 4 is 11.9 Å². The summed E-state index contributed by atoms with van der Waals surface area (Å²) < 4.78 is 36.3. The lowest BCUT2D eigenvalue weighted by atomic mass is 10.1. The van der Waals surface area contributed by atoms with E-state index in [1.165, 1.54) is 20.4 Å². The van der Waals surface area contributed by atoms with Crippen LogP contribution in [0.4, 0.5) is 8.78 Å². The molecule has 8 heteroatoms. The van der Waals surface area contributed by atoms with Crippen LogP contribution in [-0.2, 0) is 27.2 Å². The highest BCUT2D eigenvalue weighted by Crippen LogP contribution is 2.16. The van der Waals surface area contributed by atoms with Crippen LogP contribution in [0.2, 0.25) is 0 Å². The Labute approximate surface area is 149 Å². The van der Waals surface area contributed by atoms with Crippen molar-refractivity contribution in [3.05, 3.63) is 59.3 Å². The number of carbonyl (C=O) groups is 2. The van der Waals surface area contributed by atoms with Crippen LogP contribution in [0.5, 0.6) is 5.88 Å². The van der Waals surface area contributed by atoms with Crippen LogP contribution in [0.25, 0.3) is 0 Å². The van der Waals surface area contributed by atoms with Gasteiger partial charge >= 0.3 is 5.97 Å². The average Bonchev–Trinajstić information content (AvgIpc) is 2.59. The second-order valence-corrected chi connectivity index (χ2v) is 5.47. The molecule has 2 aromatic rings. The van der Waals surface area contributed by atoms with E-state index in [-0.39, 0.29) is 18.4 Å². The van der Waals surface area contributed by atoms with Gasteiger partial charge in [0.05, 0.1) is 20.6 Å². The third-order valence-electron chi connectivity index (χ3n) is 3.58. The summed E-state index contributed by atoms with van der Waals surface area (Å²) in [6, 6.07) is 5.20. The predicted octanol–water partition coefficient (Wildman–Crippen LogP) is 1.81. The van der Waals surface area contributed by atoms with E-state index < -0.39 is 29.6 Å². The summed E-state index contributed by atoms with van der Waals surface area (Å²) in [5, 5.41) is 2.51. The number of benzene rings is 1. The van der Waals surface area contributed by atoms with E-state index in [0.717, 1.165) is 12.1 Å². The fourth-order valence-electron chi connectivity index (χ4n) is 2.46. The Morgan fingerprint density at radius 3 is 2.50 bits per heavy atom. The van der Waals surface area contributed by atoms with Crippen LogP contribution in [0.1, 0.15) is 11.1 Å². The molecule has 0 aliphatic carbocycles. The number of methoxy groups -OCH3 is 2. The molecular formula is C18H18F2N2O4. The number of aromatic nitrogens is 1. The average molecular weight is 364 g/mol. The highest BCUT2D eigenvalue weighted by atomic mass is 19.1. The minimum absolute atomic E-state index is 0.0902. The van der Waals surface area contributed by atoms with E-state index >= 15 is 0 Å². The van der Waals surface area contributed by atoms with Crippen molar-refractivity contribution in [2.45, 2.75) is 18.9 Å². The Morgan fingerprint density at radius 2 is 1.88 bits per heavy atom. The predicted molar refractivity (Wildman–Crippen MR) is 88.5 cm³/mol. The molecular weight excluding hydrogens is 346 g/mol. The molecule has 0 fully saturated rings. The molecule has 1 heterocycles. The van der Waals surface area contributed by atoms with Crippen molar-refractivity contribution in [3.63, 3.8) is 0 Å². The molecule has 1 aromatic carbocycles.